The summed E-state index contributed by atoms with van der Waals surface area (Å²) in [7, 11) is 0. The third-order valence-corrected chi connectivity index (χ3v) is 4.35. The van der Waals surface area contributed by atoms with Gasteiger partial charge in [0.05, 0.1) is 6.10 Å². The minimum Gasteiger partial charge on any atom is -0.388 e. The molecule has 1 N–H and O–H groups in total. The van der Waals surface area contributed by atoms with Gasteiger partial charge in [0, 0.05) is 24.6 Å². The maximum atomic E-state index is 12.5. The number of rotatable bonds is 3. The monoisotopic (exact) mass is 295 g/mol. The first kappa shape index (κ1) is 14.8. The van der Waals surface area contributed by atoms with Crippen LogP contribution in [0.1, 0.15) is 34.9 Å². The summed E-state index contributed by atoms with van der Waals surface area (Å²) in [5.41, 5.74) is 1.65. The number of benzene rings is 2. The van der Waals surface area contributed by atoms with Crippen LogP contribution in [0.4, 0.5) is 0 Å². The van der Waals surface area contributed by atoms with Crippen molar-refractivity contribution in [3.8, 4) is 0 Å². The molecule has 3 nitrogen and oxygen atoms in total. The van der Waals surface area contributed by atoms with Crippen LogP contribution in [0.5, 0.6) is 0 Å². The Balaban J connectivity index is 1.70. The normalized spacial score (nSPS) is 19.7. The van der Waals surface area contributed by atoms with Gasteiger partial charge in [-0.3, -0.25) is 4.79 Å². The highest BCUT2D eigenvalue weighted by Gasteiger charge is 2.29. The SMILES string of the molecule is O=C(c1ccccc1)N1CCCC(C(O)c2ccccc2)C1. The number of hydrogen-bond acceptors (Lipinski definition) is 2. The van der Waals surface area contributed by atoms with Crippen molar-refractivity contribution in [3.05, 3.63) is 71.8 Å². The van der Waals surface area contributed by atoms with Crippen LogP contribution in [0, 0.1) is 5.92 Å². The van der Waals surface area contributed by atoms with E-state index in [-0.39, 0.29) is 11.8 Å². The number of aliphatic hydroxyl groups excluding tert-OH is 1. The number of piperidine rings is 1. The van der Waals surface area contributed by atoms with Crippen molar-refractivity contribution < 1.29 is 9.90 Å². The van der Waals surface area contributed by atoms with Gasteiger partial charge in [0.25, 0.3) is 5.91 Å². The van der Waals surface area contributed by atoms with Gasteiger partial charge in [-0.15, -0.1) is 0 Å². The van der Waals surface area contributed by atoms with Gasteiger partial charge in [0.15, 0.2) is 0 Å². The van der Waals surface area contributed by atoms with E-state index in [1.54, 1.807) is 0 Å². The van der Waals surface area contributed by atoms with E-state index in [2.05, 4.69) is 0 Å². The Morgan fingerprint density at radius 2 is 1.68 bits per heavy atom. The lowest BCUT2D eigenvalue weighted by Gasteiger charge is -2.35. The Hall–Kier alpha value is -2.13. The lowest BCUT2D eigenvalue weighted by atomic mass is 9.88. The van der Waals surface area contributed by atoms with Crippen LogP contribution in [0.15, 0.2) is 60.7 Å². The third-order valence-electron chi connectivity index (χ3n) is 4.35. The molecular formula is C19H21NO2. The highest BCUT2D eigenvalue weighted by molar-refractivity contribution is 5.94. The molecule has 1 aliphatic rings. The second-order valence-corrected chi connectivity index (χ2v) is 5.88. The molecule has 2 unspecified atom stereocenters. The summed E-state index contributed by atoms with van der Waals surface area (Å²) >= 11 is 0. The number of likely N-dealkylation sites (tertiary alicyclic amines) is 1. The minimum atomic E-state index is -0.507. The van der Waals surface area contributed by atoms with E-state index in [1.807, 2.05) is 65.6 Å². The smallest absolute Gasteiger partial charge is 0.253 e. The first-order valence-electron chi connectivity index (χ1n) is 7.83. The number of carbonyl (C=O) groups excluding carboxylic acids is 1. The second kappa shape index (κ2) is 6.75. The van der Waals surface area contributed by atoms with E-state index in [1.165, 1.54) is 0 Å². The Morgan fingerprint density at radius 1 is 1.05 bits per heavy atom. The summed E-state index contributed by atoms with van der Waals surface area (Å²) < 4.78 is 0. The average molecular weight is 295 g/mol. The predicted octanol–water partition coefficient (Wildman–Crippen LogP) is 3.27. The summed E-state index contributed by atoms with van der Waals surface area (Å²) in [6, 6.07) is 19.1. The van der Waals surface area contributed by atoms with Crippen molar-refractivity contribution in [1.82, 2.24) is 4.90 Å². The summed E-state index contributed by atoms with van der Waals surface area (Å²) in [5.74, 6) is 0.161. The number of carbonyl (C=O) groups is 1. The van der Waals surface area contributed by atoms with Gasteiger partial charge in [-0.05, 0) is 30.5 Å². The first-order valence-corrected chi connectivity index (χ1v) is 7.83. The summed E-state index contributed by atoms with van der Waals surface area (Å²) in [6.07, 6.45) is 1.38. The molecule has 1 saturated heterocycles. The predicted molar refractivity (Wildman–Crippen MR) is 86.5 cm³/mol. The van der Waals surface area contributed by atoms with E-state index >= 15 is 0 Å². The minimum absolute atomic E-state index is 0.0607. The average Bonchev–Trinajstić information content (AvgIpc) is 2.62. The zero-order valence-electron chi connectivity index (χ0n) is 12.6. The van der Waals surface area contributed by atoms with Gasteiger partial charge in [-0.25, -0.2) is 0 Å². The molecule has 0 saturated carbocycles. The van der Waals surface area contributed by atoms with Crippen molar-refractivity contribution in [2.45, 2.75) is 18.9 Å². The zero-order valence-corrected chi connectivity index (χ0v) is 12.6. The van der Waals surface area contributed by atoms with E-state index in [0.29, 0.717) is 6.54 Å². The lowest BCUT2D eigenvalue weighted by molar-refractivity contribution is 0.0401. The van der Waals surface area contributed by atoms with Crippen molar-refractivity contribution in [1.29, 1.82) is 0 Å². The molecule has 2 atom stereocenters. The summed E-state index contributed by atoms with van der Waals surface area (Å²) in [4.78, 5) is 14.4. The van der Waals surface area contributed by atoms with Crippen LogP contribution in [0.25, 0.3) is 0 Å². The number of nitrogens with zero attached hydrogens (tertiary/aromatic N) is 1. The Morgan fingerprint density at radius 3 is 2.36 bits per heavy atom. The van der Waals surface area contributed by atoms with Crippen molar-refractivity contribution in [2.75, 3.05) is 13.1 Å². The molecule has 2 aromatic rings. The quantitative estimate of drug-likeness (QED) is 0.944. The fourth-order valence-corrected chi connectivity index (χ4v) is 3.14. The van der Waals surface area contributed by atoms with E-state index in [4.69, 9.17) is 0 Å². The molecule has 0 aliphatic carbocycles. The molecule has 1 amide bonds. The van der Waals surface area contributed by atoms with Gasteiger partial charge < -0.3 is 10.0 Å². The third kappa shape index (κ3) is 3.20. The van der Waals surface area contributed by atoms with Crippen LogP contribution in [-0.2, 0) is 0 Å². The van der Waals surface area contributed by atoms with Gasteiger partial charge in [0.1, 0.15) is 0 Å². The van der Waals surface area contributed by atoms with E-state index < -0.39 is 6.10 Å². The standard InChI is InChI=1S/C19H21NO2/c21-18(15-8-3-1-4-9-15)17-12-7-13-20(14-17)19(22)16-10-5-2-6-11-16/h1-6,8-11,17-18,21H,7,12-14H2. The largest absolute Gasteiger partial charge is 0.388 e. The van der Waals surface area contributed by atoms with Crippen molar-refractivity contribution >= 4 is 5.91 Å². The molecule has 1 fully saturated rings. The first-order chi connectivity index (χ1) is 10.8. The molecule has 0 radical (unpaired) electrons. The van der Waals surface area contributed by atoms with Gasteiger partial charge >= 0.3 is 0 Å². The number of aliphatic hydroxyl groups is 1. The van der Waals surface area contributed by atoms with Crippen LogP contribution in [-0.4, -0.2) is 29.0 Å². The molecule has 0 aromatic heterocycles. The van der Waals surface area contributed by atoms with Gasteiger partial charge in [-0.2, -0.15) is 0 Å². The van der Waals surface area contributed by atoms with Crippen molar-refractivity contribution in [3.63, 3.8) is 0 Å². The zero-order chi connectivity index (χ0) is 15.4. The van der Waals surface area contributed by atoms with E-state index in [9.17, 15) is 9.90 Å². The molecule has 2 aromatic carbocycles. The van der Waals surface area contributed by atoms with Crippen LogP contribution < -0.4 is 0 Å². The van der Waals surface area contributed by atoms with Crippen LogP contribution in [0.2, 0.25) is 0 Å². The molecule has 3 heteroatoms. The highest BCUT2D eigenvalue weighted by atomic mass is 16.3. The van der Waals surface area contributed by atoms with E-state index in [0.717, 1.165) is 30.5 Å². The molecule has 3 rings (SSSR count). The molecule has 1 heterocycles. The molecule has 1 aliphatic heterocycles. The van der Waals surface area contributed by atoms with Crippen LogP contribution >= 0.6 is 0 Å². The molecule has 114 valence electrons. The Bertz CT molecular complexity index is 612. The fourth-order valence-electron chi connectivity index (χ4n) is 3.14. The highest BCUT2D eigenvalue weighted by Crippen LogP contribution is 2.30. The maximum absolute atomic E-state index is 12.5. The molecule has 0 bridgehead atoms. The number of hydrogen-bond donors (Lipinski definition) is 1. The number of amides is 1. The Kier molecular flexibility index (Phi) is 4.54. The summed E-state index contributed by atoms with van der Waals surface area (Å²) in [6.45, 7) is 1.38. The van der Waals surface area contributed by atoms with Crippen molar-refractivity contribution in [2.24, 2.45) is 5.92 Å². The fraction of sp³-hybridized carbons (Fsp3) is 0.316. The van der Waals surface area contributed by atoms with Crippen LogP contribution in [0.3, 0.4) is 0 Å². The molecule has 0 spiro atoms. The lowest BCUT2D eigenvalue weighted by Crippen LogP contribution is -2.41. The molecule has 22 heavy (non-hydrogen) atoms. The second-order valence-electron chi connectivity index (χ2n) is 5.88. The topological polar surface area (TPSA) is 40.5 Å². The van der Waals surface area contributed by atoms with Gasteiger partial charge in [0.2, 0.25) is 0 Å². The Labute approximate surface area is 131 Å². The molecular weight excluding hydrogens is 274 g/mol. The maximum Gasteiger partial charge on any atom is 0.253 e. The van der Waals surface area contributed by atoms with Gasteiger partial charge in [-0.1, -0.05) is 48.5 Å². The summed E-state index contributed by atoms with van der Waals surface area (Å²) in [5, 5.41) is 10.6.